The van der Waals surface area contributed by atoms with Gasteiger partial charge in [-0.25, -0.2) is 13.8 Å². The third-order valence-electron chi connectivity index (χ3n) is 1.85. The molecule has 0 radical (unpaired) electrons. The minimum Gasteiger partial charge on any atom is -0.364 e. The van der Waals surface area contributed by atoms with Crippen molar-refractivity contribution in [2.75, 3.05) is 11.9 Å². The van der Waals surface area contributed by atoms with Crippen molar-refractivity contribution in [2.24, 2.45) is 0 Å². The topological polar surface area (TPSA) is 24.9 Å². The summed E-state index contributed by atoms with van der Waals surface area (Å²) in [6, 6.07) is 3.03. The highest BCUT2D eigenvalue weighted by molar-refractivity contribution is 9.10. The summed E-state index contributed by atoms with van der Waals surface area (Å²) in [7, 11) is 0. The zero-order chi connectivity index (χ0) is 12.3. The molecule has 0 aliphatic carbocycles. The summed E-state index contributed by atoms with van der Waals surface area (Å²) in [4.78, 5) is 3.90. The zero-order valence-corrected chi connectivity index (χ0v) is 9.86. The van der Waals surface area contributed by atoms with Crippen molar-refractivity contribution in [3.05, 3.63) is 22.3 Å². The predicted octanol–water partition coefficient (Wildman–Crippen LogP) is 3.46. The maximum atomic E-state index is 12.6. The second-order valence-electron chi connectivity index (χ2n) is 3.18. The number of nitrogens with zero attached hydrogens (tertiary/aromatic N) is 1. The number of hydrogen-bond acceptors (Lipinski definition) is 2. The molecule has 90 valence electrons. The Balaban J connectivity index is 2.65. The lowest BCUT2D eigenvalue weighted by Crippen LogP contribution is -2.35. The van der Waals surface area contributed by atoms with Gasteiger partial charge in [-0.1, -0.05) is 0 Å². The van der Waals surface area contributed by atoms with E-state index >= 15 is 0 Å². The first-order valence-electron chi connectivity index (χ1n) is 4.36. The fraction of sp³-hybridized carbons (Fsp3) is 0.444. The number of anilines is 1. The normalized spacial score (nSPS) is 11.9. The second-order valence-corrected chi connectivity index (χ2v) is 4.03. The molecule has 0 saturated carbocycles. The van der Waals surface area contributed by atoms with Gasteiger partial charge in [0, 0.05) is 4.47 Å². The van der Waals surface area contributed by atoms with Gasteiger partial charge >= 0.3 is 12.3 Å². The van der Waals surface area contributed by atoms with E-state index in [4.69, 9.17) is 0 Å². The van der Waals surface area contributed by atoms with E-state index in [2.05, 4.69) is 26.2 Å². The van der Waals surface area contributed by atoms with Gasteiger partial charge in [-0.2, -0.15) is 8.78 Å². The monoisotopic (exact) mass is 300 g/mol. The average Bonchev–Trinajstić information content (AvgIpc) is 2.20. The summed E-state index contributed by atoms with van der Waals surface area (Å²) in [5, 5.41) is 2.17. The van der Waals surface area contributed by atoms with Crippen LogP contribution in [0.5, 0.6) is 0 Å². The minimum atomic E-state index is -4.05. The van der Waals surface area contributed by atoms with Crippen LogP contribution < -0.4 is 5.32 Å². The van der Waals surface area contributed by atoms with Crippen molar-refractivity contribution >= 4 is 21.7 Å². The predicted molar refractivity (Wildman–Crippen MR) is 56.1 cm³/mol. The highest BCUT2D eigenvalue weighted by Gasteiger charge is 2.40. The molecule has 0 aromatic carbocycles. The van der Waals surface area contributed by atoms with Crippen LogP contribution in [0.3, 0.4) is 0 Å². The summed E-state index contributed by atoms with van der Waals surface area (Å²) in [5.74, 6) is -3.91. The second kappa shape index (κ2) is 4.99. The number of rotatable bonds is 4. The molecular formula is C9H9BrF4N2. The Hall–Kier alpha value is -0.850. The van der Waals surface area contributed by atoms with Gasteiger partial charge in [-0.3, -0.25) is 0 Å². The molecule has 0 atom stereocenters. The Kier molecular flexibility index (Phi) is 4.12. The third kappa shape index (κ3) is 3.33. The van der Waals surface area contributed by atoms with E-state index in [1.54, 1.807) is 13.0 Å². The maximum Gasteiger partial charge on any atom is 0.324 e. The van der Waals surface area contributed by atoms with Gasteiger partial charge in [0.15, 0.2) is 0 Å². The Labute approximate surface area is 98.2 Å². The fourth-order valence-electron chi connectivity index (χ4n) is 0.928. The largest absolute Gasteiger partial charge is 0.364 e. The quantitative estimate of drug-likeness (QED) is 0.861. The van der Waals surface area contributed by atoms with E-state index in [1.807, 2.05) is 0 Å². The lowest BCUT2D eigenvalue weighted by Gasteiger charge is -2.16. The van der Waals surface area contributed by atoms with Crippen LogP contribution in [0.15, 0.2) is 16.6 Å². The molecule has 1 N–H and O–H groups in total. The Bertz CT molecular complexity index is 371. The number of aryl methyl sites for hydroxylation is 1. The SMILES string of the molecule is Cc1nc(NCC(F)(F)C(F)F)ccc1Br. The van der Waals surface area contributed by atoms with E-state index in [-0.39, 0.29) is 5.82 Å². The van der Waals surface area contributed by atoms with Crippen LogP contribution in [0.25, 0.3) is 0 Å². The van der Waals surface area contributed by atoms with Gasteiger partial charge in [-0.15, -0.1) is 0 Å². The smallest absolute Gasteiger partial charge is 0.324 e. The van der Waals surface area contributed by atoms with Gasteiger partial charge in [0.1, 0.15) is 5.82 Å². The van der Waals surface area contributed by atoms with E-state index in [0.717, 1.165) is 4.47 Å². The standard InChI is InChI=1S/C9H9BrF4N2/c1-5-6(10)2-3-7(16-5)15-4-9(13,14)8(11)12/h2-3,8H,4H2,1H3,(H,15,16). The van der Waals surface area contributed by atoms with Crippen molar-refractivity contribution < 1.29 is 17.6 Å². The van der Waals surface area contributed by atoms with Crippen LogP contribution >= 0.6 is 15.9 Å². The molecule has 7 heteroatoms. The number of alkyl halides is 4. The molecule has 0 unspecified atom stereocenters. The molecule has 1 aromatic rings. The number of hydrogen-bond donors (Lipinski definition) is 1. The Morgan fingerprint density at radius 1 is 1.44 bits per heavy atom. The molecule has 1 rings (SSSR count). The lowest BCUT2D eigenvalue weighted by atomic mass is 10.3. The molecule has 0 aliphatic rings. The Morgan fingerprint density at radius 3 is 2.56 bits per heavy atom. The molecule has 0 bridgehead atoms. The summed E-state index contributed by atoms with van der Waals surface area (Å²) >= 11 is 3.18. The summed E-state index contributed by atoms with van der Waals surface area (Å²) < 4.78 is 49.5. The van der Waals surface area contributed by atoms with Crippen LogP contribution in [0.1, 0.15) is 5.69 Å². The van der Waals surface area contributed by atoms with Crippen LogP contribution in [-0.4, -0.2) is 23.9 Å². The van der Waals surface area contributed by atoms with Gasteiger partial charge in [-0.05, 0) is 35.0 Å². The minimum absolute atomic E-state index is 0.140. The van der Waals surface area contributed by atoms with Crippen LogP contribution in [0, 0.1) is 6.92 Å². The molecule has 0 aliphatic heterocycles. The van der Waals surface area contributed by atoms with Crippen molar-refractivity contribution in [2.45, 2.75) is 19.3 Å². The summed E-state index contributed by atoms with van der Waals surface area (Å²) in [6.45, 7) is 0.527. The average molecular weight is 301 g/mol. The molecule has 0 spiro atoms. The molecule has 2 nitrogen and oxygen atoms in total. The fourth-order valence-corrected chi connectivity index (χ4v) is 1.15. The number of aromatic nitrogens is 1. The summed E-state index contributed by atoms with van der Waals surface area (Å²) in [5.41, 5.74) is 0.588. The zero-order valence-electron chi connectivity index (χ0n) is 8.28. The van der Waals surface area contributed by atoms with Crippen LogP contribution in [-0.2, 0) is 0 Å². The number of pyridine rings is 1. The molecule has 0 saturated heterocycles. The first-order chi connectivity index (χ1) is 7.33. The van der Waals surface area contributed by atoms with E-state index in [0.29, 0.717) is 5.69 Å². The van der Waals surface area contributed by atoms with Crippen molar-refractivity contribution in [1.82, 2.24) is 4.98 Å². The Morgan fingerprint density at radius 2 is 2.06 bits per heavy atom. The number of nitrogens with one attached hydrogen (secondary N) is 1. The maximum absolute atomic E-state index is 12.6. The van der Waals surface area contributed by atoms with Crippen LogP contribution in [0.4, 0.5) is 23.4 Å². The van der Waals surface area contributed by atoms with Gasteiger partial charge in [0.2, 0.25) is 0 Å². The van der Waals surface area contributed by atoms with Gasteiger partial charge < -0.3 is 5.32 Å². The summed E-state index contributed by atoms with van der Waals surface area (Å²) in [6.07, 6.45) is -3.68. The molecule has 0 fully saturated rings. The van der Waals surface area contributed by atoms with E-state index < -0.39 is 18.9 Å². The van der Waals surface area contributed by atoms with Crippen molar-refractivity contribution in [3.63, 3.8) is 0 Å². The van der Waals surface area contributed by atoms with Gasteiger partial charge in [0.25, 0.3) is 0 Å². The molecular weight excluding hydrogens is 292 g/mol. The first kappa shape index (κ1) is 13.2. The molecule has 16 heavy (non-hydrogen) atoms. The molecule has 0 amide bonds. The first-order valence-corrected chi connectivity index (χ1v) is 5.15. The van der Waals surface area contributed by atoms with Gasteiger partial charge in [0.05, 0.1) is 12.2 Å². The number of halogens is 5. The third-order valence-corrected chi connectivity index (χ3v) is 2.68. The highest BCUT2D eigenvalue weighted by atomic mass is 79.9. The van der Waals surface area contributed by atoms with Crippen LogP contribution in [0.2, 0.25) is 0 Å². The highest BCUT2D eigenvalue weighted by Crippen LogP contribution is 2.23. The molecule has 1 aromatic heterocycles. The van der Waals surface area contributed by atoms with Crippen molar-refractivity contribution in [1.29, 1.82) is 0 Å². The van der Waals surface area contributed by atoms with Crippen molar-refractivity contribution in [3.8, 4) is 0 Å². The lowest BCUT2D eigenvalue weighted by molar-refractivity contribution is -0.117. The van der Waals surface area contributed by atoms with E-state index in [9.17, 15) is 17.6 Å². The van der Waals surface area contributed by atoms with E-state index in [1.165, 1.54) is 6.07 Å². The molecule has 1 heterocycles.